The molecular weight excluding hydrogens is 326 g/mol. The minimum Gasteiger partial charge on any atom is -0.486 e. The number of para-hydroxylation sites is 1. The maximum absolute atomic E-state index is 12.2. The molecule has 1 amide bonds. The van der Waals surface area contributed by atoms with Gasteiger partial charge in [0, 0.05) is 5.69 Å². The number of anilines is 1. The molecule has 0 radical (unpaired) electrons. The first kappa shape index (κ1) is 17.8. The number of carbonyl (C=O) groups is 1. The van der Waals surface area contributed by atoms with Crippen molar-refractivity contribution in [3.63, 3.8) is 0 Å². The molecule has 0 spiro atoms. The van der Waals surface area contributed by atoms with E-state index in [1.54, 1.807) is 12.1 Å². The Labute approximate surface area is 153 Å². The van der Waals surface area contributed by atoms with Crippen molar-refractivity contribution < 1.29 is 13.9 Å². The highest BCUT2D eigenvalue weighted by molar-refractivity contribution is 6.02. The highest BCUT2D eigenvalue weighted by Gasteiger charge is 2.14. The Kier molecular flexibility index (Phi) is 5.12. The average molecular weight is 349 g/mol. The van der Waals surface area contributed by atoms with E-state index in [1.165, 1.54) is 5.56 Å². The molecule has 1 N–H and O–H groups in total. The summed E-state index contributed by atoms with van der Waals surface area (Å²) in [5, 5.41) is 2.79. The van der Waals surface area contributed by atoms with Gasteiger partial charge in [0.05, 0.1) is 0 Å². The van der Waals surface area contributed by atoms with Gasteiger partial charge in [-0.1, -0.05) is 51.1 Å². The fourth-order valence-electron chi connectivity index (χ4n) is 2.50. The molecule has 1 aromatic heterocycles. The first-order chi connectivity index (χ1) is 12.4. The Morgan fingerprint density at radius 2 is 1.65 bits per heavy atom. The monoisotopic (exact) mass is 349 g/mol. The first-order valence-corrected chi connectivity index (χ1v) is 8.60. The molecule has 0 unspecified atom stereocenters. The van der Waals surface area contributed by atoms with Crippen LogP contribution in [0, 0.1) is 0 Å². The quantitative estimate of drug-likeness (QED) is 0.670. The number of furan rings is 1. The first-order valence-electron chi connectivity index (χ1n) is 8.60. The van der Waals surface area contributed by atoms with Gasteiger partial charge in [-0.05, 0) is 47.4 Å². The minimum absolute atomic E-state index is 0.112. The molecule has 0 aliphatic carbocycles. The van der Waals surface area contributed by atoms with Gasteiger partial charge in [0.1, 0.15) is 18.1 Å². The van der Waals surface area contributed by atoms with Gasteiger partial charge in [-0.2, -0.15) is 0 Å². The fourth-order valence-corrected chi connectivity index (χ4v) is 2.50. The SMILES string of the molecule is CC(C)(C)c1ccc(OCc2ccc(C(=O)Nc3ccccc3)o2)cc1. The van der Waals surface area contributed by atoms with Crippen LogP contribution in [-0.4, -0.2) is 5.91 Å². The topological polar surface area (TPSA) is 51.5 Å². The van der Waals surface area contributed by atoms with Crippen LogP contribution in [0.25, 0.3) is 0 Å². The van der Waals surface area contributed by atoms with Crippen LogP contribution in [0.5, 0.6) is 5.75 Å². The van der Waals surface area contributed by atoms with E-state index >= 15 is 0 Å². The molecule has 0 saturated carbocycles. The predicted octanol–water partition coefficient (Wildman–Crippen LogP) is 5.41. The van der Waals surface area contributed by atoms with E-state index in [9.17, 15) is 4.79 Å². The van der Waals surface area contributed by atoms with Crippen LogP contribution in [0.2, 0.25) is 0 Å². The number of carbonyl (C=O) groups excluding carboxylic acids is 1. The zero-order chi connectivity index (χ0) is 18.6. The zero-order valence-corrected chi connectivity index (χ0v) is 15.3. The summed E-state index contributed by atoms with van der Waals surface area (Å²) in [7, 11) is 0. The van der Waals surface area contributed by atoms with Crippen molar-refractivity contribution >= 4 is 11.6 Å². The maximum atomic E-state index is 12.2. The van der Waals surface area contributed by atoms with Crippen molar-refractivity contribution in [2.75, 3.05) is 5.32 Å². The molecule has 134 valence electrons. The third-order valence-corrected chi connectivity index (χ3v) is 4.02. The van der Waals surface area contributed by atoms with Crippen LogP contribution in [-0.2, 0) is 12.0 Å². The third kappa shape index (κ3) is 4.54. The second-order valence-electron chi connectivity index (χ2n) is 7.15. The Morgan fingerprint density at radius 1 is 0.962 bits per heavy atom. The van der Waals surface area contributed by atoms with Gasteiger partial charge >= 0.3 is 0 Å². The van der Waals surface area contributed by atoms with E-state index in [4.69, 9.17) is 9.15 Å². The Bertz CT molecular complexity index is 858. The van der Waals surface area contributed by atoms with Crippen molar-refractivity contribution in [2.24, 2.45) is 0 Å². The van der Waals surface area contributed by atoms with Gasteiger partial charge < -0.3 is 14.5 Å². The molecule has 3 aromatic rings. The molecule has 0 aliphatic heterocycles. The van der Waals surface area contributed by atoms with Crippen molar-refractivity contribution in [3.8, 4) is 5.75 Å². The average Bonchev–Trinajstić information content (AvgIpc) is 3.10. The van der Waals surface area contributed by atoms with E-state index in [0.29, 0.717) is 5.76 Å². The molecule has 0 fully saturated rings. The van der Waals surface area contributed by atoms with Gasteiger partial charge in [0.15, 0.2) is 5.76 Å². The maximum Gasteiger partial charge on any atom is 0.291 e. The lowest BCUT2D eigenvalue weighted by Crippen LogP contribution is -2.10. The summed E-state index contributed by atoms with van der Waals surface area (Å²) in [6.07, 6.45) is 0. The van der Waals surface area contributed by atoms with Crippen LogP contribution >= 0.6 is 0 Å². The molecule has 0 atom stereocenters. The summed E-state index contributed by atoms with van der Waals surface area (Å²) in [4.78, 5) is 12.2. The Balaban J connectivity index is 1.57. The van der Waals surface area contributed by atoms with Gasteiger partial charge in [-0.15, -0.1) is 0 Å². The largest absolute Gasteiger partial charge is 0.486 e. The van der Waals surface area contributed by atoms with Crippen LogP contribution < -0.4 is 10.1 Å². The zero-order valence-electron chi connectivity index (χ0n) is 15.3. The molecular formula is C22H23NO3. The lowest BCUT2D eigenvalue weighted by molar-refractivity contribution is 0.0992. The molecule has 4 nitrogen and oxygen atoms in total. The molecule has 2 aromatic carbocycles. The van der Waals surface area contributed by atoms with Gasteiger partial charge in [-0.25, -0.2) is 0 Å². The summed E-state index contributed by atoms with van der Waals surface area (Å²) in [6, 6.07) is 20.7. The minimum atomic E-state index is -0.281. The summed E-state index contributed by atoms with van der Waals surface area (Å²) < 4.78 is 11.3. The molecule has 1 heterocycles. The number of rotatable bonds is 5. The molecule has 3 rings (SSSR count). The van der Waals surface area contributed by atoms with E-state index in [1.807, 2.05) is 42.5 Å². The van der Waals surface area contributed by atoms with Gasteiger partial charge in [0.25, 0.3) is 5.91 Å². The molecule has 4 heteroatoms. The Morgan fingerprint density at radius 3 is 2.31 bits per heavy atom. The van der Waals surface area contributed by atoms with Crippen molar-refractivity contribution in [2.45, 2.75) is 32.8 Å². The van der Waals surface area contributed by atoms with E-state index in [0.717, 1.165) is 11.4 Å². The molecule has 0 aliphatic rings. The van der Waals surface area contributed by atoms with Crippen molar-refractivity contribution in [1.29, 1.82) is 0 Å². The number of hydrogen-bond donors (Lipinski definition) is 1. The number of benzene rings is 2. The van der Waals surface area contributed by atoms with E-state index < -0.39 is 0 Å². The van der Waals surface area contributed by atoms with Crippen LogP contribution in [0.4, 0.5) is 5.69 Å². The second kappa shape index (κ2) is 7.48. The van der Waals surface area contributed by atoms with Crippen LogP contribution in [0.3, 0.4) is 0 Å². The summed E-state index contributed by atoms with van der Waals surface area (Å²) >= 11 is 0. The van der Waals surface area contributed by atoms with Gasteiger partial charge in [0.2, 0.25) is 0 Å². The standard InChI is InChI=1S/C22H23NO3/c1-22(2,3)16-9-11-18(12-10-16)25-15-19-13-14-20(26-19)21(24)23-17-7-5-4-6-8-17/h4-14H,15H2,1-3H3,(H,23,24). The summed E-state index contributed by atoms with van der Waals surface area (Å²) in [5.41, 5.74) is 2.09. The van der Waals surface area contributed by atoms with Crippen LogP contribution in [0.1, 0.15) is 42.6 Å². The lowest BCUT2D eigenvalue weighted by atomic mass is 9.87. The number of ether oxygens (including phenoxy) is 1. The lowest BCUT2D eigenvalue weighted by Gasteiger charge is -2.19. The highest BCUT2D eigenvalue weighted by Crippen LogP contribution is 2.24. The molecule has 26 heavy (non-hydrogen) atoms. The normalized spacial score (nSPS) is 11.2. The van der Waals surface area contributed by atoms with Crippen molar-refractivity contribution in [1.82, 2.24) is 0 Å². The van der Waals surface area contributed by atoms with Crippen molar-refractivity contribution in [3.05, 3.63) is 83.8 Å². The highest BCUT2D eigenvalue weighted by atomic mass is 16.5. The molecule has 0 saturated heterocycles. The van der Waals surface area contributed by atoms with E-state index in [-0.39, 0.29) is 23.7 Å². The summed E-state index contributed by atoms with van der Waals surface area (Å²) in [5.74, 6) is 1.35. The number of amides is 1. The second-order valence-corrected chi connectivity index (χ2v) is 7.15. The summed E-state index contributed by atoms with van der Waals surface area (Å²) in [6.45, 7) is 6.79. The number of hydrogen-bond acceptors (Lipinski definition) is 3. The fraction of sp³-hybridized carbons (Fsp3) is 0.227. The predicted molar refractivity (Wildman–Crippen MR) is 103 cm³/mol. The Hall–Kier alpha value is -3.01. The van der Waals surface area contributed by atoms with E-state index in [2.05, 4.69) is 38.2 Å². The molecule has 0 bridgehead atoms. The third-order valence-electron chi connectivity index (χ3n) is 4.02. The van der Waals surface area contributed by atoms with Gasteiger partial charge in [-0.3, -0.25) is 4.79 Å². The number of nitrogens with one attached hydrogen (secondary N) is 1. The smallest absolute Gasteiger partial charge is 0.291 e. The van der Waals surface area contributed by atoms with Crippen LogP contribution in [0.15, 0.2) is 71.1 Å².